The molecule has 114 valence electrons. The highest BCUT2D eigenvalue weighted by molar-refractivity contribution is 5.17. The van der Waals surface area contributed by atoms with Gasteiger partial charge in [-0.05, 0) is 18.4 Å². The molecule has 0 saturated heterocycles. The largest absolute Gasteiger partial charge is 0.497 e. The Morgan fingerprint density at radius 3 is 1.65 bits per heavy atom. The monoisotopic (exact) mass is 282 g/mol. The van der Waals surface area contributed by atoms with Crippen LogP contribution in [0.3, 0.4) is 0 Å². The lowest BCUT2D eigenvalue weighted by Crippen LogP contribution is -2.38. The Labute approximate surface area is 121 Å². The zero-order chi connectivity index (χ0) is 15.4. The SMILES string of the molecule is C=CCC(CC=C)=C(CC=C)OCC(CO)(CO)CO. The topological polar surface area (TPSA) is 69.9 Å². The molecule has 4 heteroatoms. The standard InChI is InChI=1S/C16H26O4/c1-4-7-14(8-5-2)15(9-6-3)20-13-16(10-17,11-18)12-19/h4-6,17-19H,1-3,7-13H2. The Morgan fingerprint density at radius 2 is 1.30 bits per heavy atom. The lowest BCUT2D eigenvalue weighted by atomic mass is 9.92. The van der Waals surface area contributed by atoms with Gasteiger partial charge in [-0.3, -0.25) is 0 Å². The molecule has 0 fully saturated rings. The fourth-order valence-electron chi connectivity index (χ4n) is 1.62. The van der Waals surface area contributed by atoms with Crippen molar-refractivity contribution in [3.63, 3.8) is 0 Å². The van der Waals surface area contributed by atoms with Crippen LogP contribution >= 0.6 is 0 Å². The van der Waals surface area contributed by atoms with Gasteiger partial charge in [0.25, 0.3) is 0 Å². The second-order valence-electron chi connectivity index (χ2n) is 4.77. The van der Waals surface area contributed by atoms with Gasteiger partial charge < -0.3 is 20.1 Å². The molecule has 0 aromatic carbocycles. The minimum absolute atomic E-state index is 0.0391. The summed E-state index contributed by atoms with van der Waals surface area (Å²) < 4.78 is 5.72. The van der Waals surface area contributed by atoms with Crippen molar-refractivity contribution in [1.29, 1.82) is 0 Å². The van der Waals surface area contributed by atoms with E-state index in [9.17, 15) is 15.3 Å². The highest BCUT2D eigenvalue weighted by Gasteiger charge is 2.29. The van der Waals surface area contributed by atoms with E-state index in [0.717, 1.165) is 11.3 Å². The first-order valence-corrected chi connectivity index (χ1v) is 6.62. The molecule has 0 bridgehead atoms. The summed E-state index contributed by atoms with van der Waals surface area (Å²) in [6, 6.07) is 0. The summed E-state index contributed by atoms with van der Waals surface area (Å²) in [4.78, 5) is 0. The molecule has 0 aliphatic rings. The maximum Gasteiger partial charge on any atom is 0.1000 e. The molecule has 0 aromatic heterocycles. The van der Waals surface area contributed by atoms with Crippen LogP contribution in [-0.2, 0) is 4.74 Å². The summed E-state index contributed by atoms with van der Waals surface area (Å²) in [5.74, 6) is 0.722. The van der Waals surface area contributed by atoms with Crippen molar-refractivity contribution in [2.75, 3.05) is 26.4 Å². The highest BCUT2D eigenvalue weighted by atomic mass is 16.5. The quantitative estimate of drug-likeness (QED) is 0.378. The van der Waals surface area contributed by atoms with Gasteiger partial charge in [0.05, 0.1) is 37.6 Å². The first-order valence-electron chi connectivity index (χ1n) is 6.62. The number of hydrogen-bond acceptors (Lipinski definition) is 4. The Hall–Kier alpha value is -1.36. The van der Waals surface area contributed by atoms with Crippen molar-refractivity contribution in [3.05, 3.63) is 49.3 Å². The number of allylic oxidation sites excluding steroid dienone is 4. The third-order valence-electron chi connectivity index (χ3n) is 3.06. The average Bonchev–Trinajstić information content (AvgIpc) is 2.48. The Kier molecular flexibility index (Phi) is 9.72. The van der Waals surface area contributed by atoms with Gasteiger partial charge in [0.2, 0.25) is 0 Å². The minimum atomic E-state index is -1.04. The molecule has 20 heavy (non-hydrogen) atoms. The molecule has 0 spiro atoms. The predicted octanol–water partition coefficient (Wildman–Crippen LogP) is 1.95. The summed E-state index contributed by atoms with van der Waals surface area (Å²) in [7, 11) is 0. The van der Waals surface area contributed by atoms with Crippen molar-refractivity contribution >= 4 is 0 Å². The smallest absolute Gasteiger partial charge is 0.1000 e. The molecule has 0 radical (unpaired) electrons. The number of aliphatic hydroxyl groups excluding tert-OH is 3. The summed E-state index contributed by atoms with van der Waals surface area (Å²) in [5, 5.41) is 27.9. The van der Waals surface area contributed by atoms with Crippen LogP contribution in [0, 0.1) is 5.41 Å². The summed E-state index contributed by atoms with van der Waals surface area (Å²) in [6.07, 6.45) is 7.15. The lowest BCUT2D eigenvalue weighted by Gasteiger charge is -2.28. The third-order valence-corrected chi connectivity index (χ3v) is 3.06. The van der Waals surface area contributed by atoms with E-state index < -0.39 is 5.41 Å². The van der Waals surface area contributed by atoms with Gasteiger partial charge in [-0.2, -0.15) is 0 Å². The van der Waals surface area contributed by atoms with E-state index >= 15 is 0 Å². The Balaban J connectivity index is 5.07. The van der Waals surface area contributed by atoms with Crippen molar-refractivity contribution in [2.45, 2.75) is 19.3 Å². The van der Waals surface area contributed by atoms with E-state index in [4.69, 9.17) is 4.74 Å². The van der Waals surface area contributed by atoms with Crippen LogP contribution in [0.25, 0.3) is 0 Å². The van der Waals surface area contributed by atoms with Crippen molar-refractivity contribution in [1.82, 2.24) is 0 Å². The molecule has 0 saturated carbocycles. The predicted molar refractivity (Wildman–Crippen MR) is 81.1 cm³/mol. The number of ether oxygens (including phenoxy) is 1. The van der Waals surface area contributed by atoms with Crippen LogP contribution < -0.4 is 0 Å². The molecule has 0 unspecified atom stereocenters. The van der Waals surface area contributed by atoms with Gasteiger partial charge >= 0.3 is 0 Å². The second kappa shape index (κ2) is 10.4. The van der Waals surface area contributed by atoms with Crippen molar-refractivity contribution in [3.8, 4) is 0 Å². The minimum Gasteiger partial charge on any atom is -0.497 e. The Bertz CT molecular complexity index is 320. The molecule has 0 aliphatic heterocycles. The van der Waals surface area contributed by atoms with Gasteiger partial charge in [0.1, 0.15) is 0 Å². The first-order chi connectivity index (χ1) is 9.62. The summed E-state index contributed by atoms with van der Waals surface area (Å²) >= 11 is 0. The summed E-state index contributed by atoms with van der Waals surface area (Å²) in [6.45, 7) is 10.1. The van der Waals surface area contributed by atoms with E-state index in [1.165, 1.54) is 0 Å². The fraction of sp³-hybridized carbons (Fsp3) is 0.500. The number of rotatable bonds is 12. The van der Waals surface area contributed by atoms with Crippen molar-refractivity contribution < 1.29 is 20.1 Å². The van der Waals surface area contributed by atoms with Crippen LogP contribution in [0.15, 0.2) is 49.3 Å². The molecule has 3 N–H and O–H groups in total. The molecule has 0 atom stereocenters. The molecular weight excluding hydrogens is 256 g/mol. The molecule has 4 nitrogen and oxygen atoms in total. The first kappa shape index (κ1) is 18.6. The van der Waals surface area contributed by atoms with Crippen molar-refractivity contribution in [2.24, 2.45) is 5.41 Å². The van der Waals surface area contributed by atoms with Crippen LogP contribution in [0.4, 0.5) is 0 Å². The van der Waals surface area contributed by atoms with E-state index in [2.05, 4.69) is 19.7 Å². The molecule has 0 aromatic rings. The Morgan fingerprint density at radius 1 is 0.850 bits per heavy atom. The van der Waals surface area contributed by atoms with Crippen LogP contribution in [0.5, 0.6) is 0 Å². The second-order valence-corrected chi connectivity index (χ2v) is 4.77. The third kappa shape index (κ3) is 5.74. The molecular formula is C16H26O4. The average molecular weight is 282 g/mol. The van der Waals surface area contributed by atoms with E-state index in [1.54, 1.807) is 18.2 Å². The maximum absolute atomic E-state index is 9.30. The fourth-order valence-corrected chi connectivity index (χ4v) is 1.62. The van der Waals surface area contributed by atoms with Crippen LogP contribution in [-0.4, -0.2) is 41.7 Å². The summed E-state index contributed by atoms with van der Waals surface area (Å²) in [5.41, 5.74) is -0.0162. The zero-order valence-electron chi connectivity index (χ0n) is 12.1. The van der Waals surface area contributed by atoms with Gasteiger partial charge in [0.15, 0.2) is 0 Å². The van der Waals surface area contributed by atoms with Gasteiger partial charge in [-0.1, -0.05) is 18.2 Å². The van der Waals surface area contributed by atoms with E-state index in [1.807, 2.05) is 0 Å². The van der Waals surface area contributed by atoms with E-state index in [-0.39, 0.29) is 26.4 Å². The van der Waals surface area contributed by atoms with E-state index in [0.29, 0.717) is 19.3 Å². The van der Waals surface area contributed by atoms with Crippen LogP contribution in [0.2, 0.25) is 0 Å². The lowest BCUT2D eigenvalue weighted by molar-refractivity contribution is -0.0432. The molecule has 0 amide bonds. The molecule has 0 heterocycles. The van der Waals surface area contributed by atoms with Crippen LogP contribution in [0.1, 0.15) is 19.3 Å². The molecule has 0 aliphatic carbocycles. The zero-order valence-corrected chi connectivity index (χ0v) is 12.1. The van der Waals surface area contributed by atoms with Gasteiger partial charge in [0, 0.05) is 6.42 Å². The number of aliphatic hydroxyl groups is 3. The normalized spacial score (nSPS) is 10.8. The highest BCUT2D eigenvalue weighted by Crippen LogP contribution is 2.23. The number of hydrogen-bond donors (Lipinski definition) is 3. The molecule has 0 rings (SSSR count). The van der Waals surface area contributed by atoms with Gasteiger partial charge in [-0.15, -0.1) is 19.7 Å². The maximum atomic E-state index is 9.30. The van der Waals surface area contributed by atoms with Gasteiger partial charge in [-0.25, -0.2) is 0 Å².